The van der Waals surface area contributed by atoms with E-state index in [0.29, 0.717) is 5.69 Å². The molecule has 0 bridgehead atoms. The van der Waals surface area contributed by atoms with Gasteiger partial charge in [-0.2, -0.15) is 0 Å². The summed E-state index contributed by atoms with van der Waals surface area (Å²) in [5, 5.41) is 2.03. The maximum absolute atomic E-state index is 13.0. The summed E-state index contributed by atoms with van der Waals surface area (Å²) >= 11 is 0.792. The number of hydrogen-bond donors (Lipinski definition) is 1. The van der Waals surface area contributed by atoms with E-state index in [9.17, 15) is 18.8 Å². The highest BCUT2D eigenvalue weighted by molar-refractivity contribution is 8.18. The average Bonchev–Trinajstić information content (AvgIpc) is 3.31. The van der Waals surface area contributed by atoms with Crippen molar-refractivity contribution in [1.82, 2.24) is 9.47 Å². The normalized spacial score (nSPS) is 15.1. The predicted octanol–water partition coefficient (Wildman–Crippen LogP) is 4.29. The Morgan fingerprint density at radius 2 is 1.77 bits per heavy atom. The van der Waals surface area contributed by atoms with Crippen molar-refractivity contribution in [2.75, 3.05) is 11.9 Å². The predicted molar refractivity (Wildman–Crippen MR) is 113 cm³/mol. The number of halogens is 1. The van der Waals surface area contributed by atoms with E-state index >= 15 is 0 Å². The fourth-order valence-electron chi connectivity index (χ4n) is 2.92. The molecule has 2 heterocycles. The summed E-state index contributed by atoms with van der Waals surface area (Å²) in [6, 6.07) is 16.7. The van der Waals surface area contributed by atoms with Crippen LogP contribution in [-0.2, 0) is 9.59 Å². The number of benzene rings is 2. The van der Waals surface area contributed by atoms with Crippen LogP contribution in [0.25, 0.3) is 11.8 Å². The molecule has 0 radical (unpaired) electrons. The van der Waals surface area contributed by atoms with Crippen LogP contribution in [0.2, 0.25) is 0 Å². The van der Waals surface area contributed by atoms with Crippen molar-refractivity contribution in [2.24, 2.45) is 0 Å². The third-order valence-electron chi connectivity index (χ3n) is 4.37. The van der Waals surface area contributed by atoms with Crippen LogP contribution in [0.4, 0.5) is 14.9 Å². The van der Waals surface area contributed by atoms with Gasteiger partial charge in [0.05, 0.1) is 4.91 Å². The SMILES string of the molecule is O=C(CN1C(=O)S/C(=C/c2ccn(-c3ccccc3)c2)C1=O)Nc1ccc(F)cc1. The van der Waals surface area contributed by atoms with E-state index in [1.54, 1.807) is 6.08 Å². The fourth-order valence-corrected chi connectivity index (χ4v) is 3.76. The van der Waals surface area contributed by atoms with Crippen LogP contribution >= 0.6 is 11.8 Å². The molecule has 1 aromatic heterocycles. The lowest BCUT2D eigenvalue weighted by atomic mass is 10.3. The number of rotatable bonds is 5. The molecule has 0 saturated carbocycles. The van der Waals surface area contributed by atoms with Gasteiger partial charge in [0.25, 0.3) is 11.1 Å². The Morgan fingerprint density at radius 1 is 1.03 bits per heavy atom. The first-order valence-electron chi connectivity index (χ1n) is 9.04. The molecule has 4 rings (SSSR count). The smallest absolute Gasteiger partial charge is 0.294 e. The topological polar surface area (TPSA) is 71.4 Å². The molecule has 0 aliphatic carbocycles. The molecule has 1 aliphatic rings. The summed E-state index contributed by atoms with van der Waals surface area (Å²) in [6.45, 7) is -0.412. The molecule has 30 heavy (non-hydrogen) atoms. The monoisotopic (exact) mass is 421 g/mol. The summed E-state index contributed by atoms with van der Waals surface area (Å²) < 4.78 is 14.9. The molecular formula is C22H16FN3O3S. The largest absolute Gasteiger partial charge is 0.325 e. The van der Waals surface area contributed by atoms with Crippen molar-refractivity contribution in [3.8, 4) is 5.69 Å². The van der Waals surface area contributed by atoms with Crippen LogP contribution in [0.3, 0.4) is 0 Å². The number of anilines is 1. The number of nitrogens with zero attached hydrogens (tertiary/aromatic N) is 2. The van der Waals surface area contributed by atoms with Crippen molar-refractivity contribution in [3.63, 3.8) is 0 Å². The number of carbonyl (C=O) groups excluding carboxylic acids is 3. The van der Waals surface area contributed by atoms with Gasteiger partial charge in [0.2, 0.25) is 5.91 Å². The summed E-state index contributed by atoms with van der Waals surface area (Å²) in [4.78, 5) is 38.2. The number of para-hydroxylation sites is 1. The van der Waals surface area contributed by atoms with Gasteiger partial charge in [0.1, 0.15) is 12.4 Å². The summed E-state index contributed by atoms with van der Waals surface area (Å²) in [5.41, 5.74) is 2.12. The second kappa shape index (κ2) is 8.38. The van der Waals surface area contributed by atoms with Crippen LogP contribution in [0.5, 0.6) is 0 Å². The second-order valence-electron chi connectivity index (χ2n) is 6.51. The third kappa shape index (κ3) is 4.33. The zero-order chi connectivity index (χ0) is 21.1. The molecule has 1 N–H and O–H groups in total. The highest BCUT2D eigenvalue weighted by Gasteiger charge is 2.36. The minimum atomic E-state index is -0.541. The third-order valence-corrected chi connectivity index (χ3v) is 5.28. The minimum Gasteiger partial charge on any atom is -0.325 e. The number of amides is 3. The standard InChI is InChI=1S/C22H16FN3O3S/c23-16-6-8-17(9-7-16)24-20(27)14-26-21(28)19(30-22(26)29)12-15-10-11-25(13-15)18-4-2-1-3-5-18/h1-13H,14H2,(H,24,27)/b19-12+. The van der Waals surface area contributed by atoms with Crippen LogP contribution in [0.1, 0.15) is 5.56 Å². The molecule has 2 aromatic carbocycles. The van der Waals surface area contributed by atoms with E-state index < -0.39 is 29.4 Å². The van der Waals surface area contributed by atoms with Gasteiger partial charge in [0, 0.05) is 23.8 Å². The highest BCUT2D eigenvalue weighted by atomic mass is 32.2. The molecule has 3 aromatic rings. The van der Waals surface area contributed by atoms with E-state index in [2.05, 4.69) is 5.32 Å². The van der Waals surface area contributed by atoms with Crippen molar-refractivity contribution >= 4 is 40.6 Å². The van der Waals surface area contributed by atoms with Gasteiger partial charge in [-0.05, 0) is 65.9 Å². The van der Waals surface area contributed by atoms with Crippen LogP contribution in [-0.4, -0.2) is 33.1 Å². The van der Waals surface area contributed by atoms with E-state index in [-0.39, 0.29) is 4.91 Å². The number of thioether (sulfide) groups is 1. The summed E-state index contributed by atoms with van der Waals surface area (Å²) in [5.74, 6) is -1.49. The zero-order valence-corrected chi connectivity index (χ0v) is 16.4. The van der Waals surface area contributed by atoms with Gasteiger partial charge in [-0.3, -0.25) is 19.3 Å². The molecule has 0 unspecified atom stereocenters. The molecule has 1 fully saturated rings. The van der Waals surface area contributed by atoms with Crippen molar-refractivity contribution in [3.05, 3.63) is 89.3 Å². The number of hydrogen-bond acceptors (Lipinski definition) is 4. The van der Waals surface area contributed by atoms with Gasteiger partial charge in [-0.15, -0.1) is 0 Å². The molecule has 0 spiro atoms. The molecule has 8 heteroatoms. The second-order valence-corrected chi connectivity index (χ2v) is 7.50. The molecule has 6 nitrogen and oxygen atoms in total. The molecule has 0 atom stereocenters. The molecule has 3 amide bonds. The van der Waals surface area contributed by atoms with Crippen molar-refractivity contribution in [2.45, 2.75) is 0 Å². The van der Waals surface area contributed by atoms with E-state index in [0.717, 1.165) is 27.9 Å². The summed E-state index contributed by atoms with van der Waals surface area (Å²) in [6.07, 6.45) is 5.34. The first-order valence-corrected chi connectivity index (χ1v) is 9.85. The Morgan fingerprint density at radius 3 is 2.50 bits per heavy atom. The number of aromatic nitrogens is 1. The maximum Gasteiger partial charge on any atom is 0.294 e. The van der Waals surface area contributed by atoms with Gasteiger partial charge in [0.15, 0.2) is 0 Å². The summed E-state index contributed by atoms with van der Waals surface area (Å²) in [7, 11) is 0. The van der Waals surface area contributed by atoms with Crippen LogP contribution in [0, 0.1) is 5.82 Å². The Balaban J connectivity index is 1.44. The molecule has 1 saturated heterocycles. The quantitative estimate of drug-likeness (QED) is 0.624. The van der Waals surface area contributed by atoms with E-state index in [4.69, 9.17) is 0 Å². The Kier molecular flexibility index (Phi) is 5.49. The average molecular weight is 421 g/mol. The minimum absolute atomic E-state index is 0.250. The Labute approximate surface area is 176 Å². The molecule has 150 valence electrons. The fraction of sp³-hybridized carbons (Fsp3) is 0.0455. The van der Waals surface area contributed by atoms with E-state index in [1.807, 2.05) is 53.4 Å². The van der Waals surface area contributed by atoms with Crippen LogP contribution < -0.4 is 5.32 Å². The highest BCUT2D eigenvalue weighted by Crippen LogP contribution is 2.32. The Hall–Kier alpha value is -3.65. The lowest BCUT2D eigenvalue weighted by molar-refractivity contribution is -0.127. The maximum atomic E-state index is 13.0. The van der Waals surface area contributed by atoms with Gasteiger partial charge < -0.3 is 9.88 Å². The molecule has 1 aliphatic heterocycles. The van der Waals surface area contributed by atoms with Crippen molar-refractivity contribution in [1.29, 1.82) is 0 Å². The van der Waals surface area contributed by atoms with Crippen LogP contribution in [0.15, 0.2) is 78.0 Å². The number of carbonyl (C=O) groups is 3. The lowest BCUT2D eigenvalue weighted by Crippen LogP contribution is -2.36. The van der Waals surface area contributed by atoms with Gasteiger partial charge >= 0.3 is 0 Å². The van der Waals surface area contributed by atoms with Gasteiger partial charge in [-0.1, -0.05) is 18.2 Å². The molecular weight excluding hydrogens is 405 g/mol. The first kappa shape index (κ1) is 19.7. The number of nitrogens with one attached hydrogen (secondary N) is 1. The Bertz CT molecular complexity index is 1140. The van der Waals surface area contributed by atoms with Crippen molar-refractivity contribution < 1.29 is 18.8 Å². The first-order chi connectivity index (χ1) is 14.5. The number of imide groups is 1. The van der Waals surface area contributed by atoms with E-state index in [1.165, 1.54) is 24.3 Å². The lowest BCUT2D eigenvalue weighted by Gasteiger charge is -2.12. The van der Waals surface area contributed by atoms with Gasteiger partial charge in [-0.25, -0.2) is 4.39 Å². The zero-order valence-electron chi connectivity index (χ0n) is 15.6.